The van der Waals surface area contributed by atoms with Gasteiger partial charge in [-0.15, -0.1) is 0 Å². The lowest BCUT2D eigenvalue weighted by atomic mass is 9.80. The predicted molar refractivity (Wildman–Crippen MR) is 120 cm³/mol. The molecule has 2 aromatic carbocycles. The standard InChI is InChI=1S/C22H23F3IN3O2/c1-28-9-3-2-4-18(28)22(31)11-29(12-22)21(30)14-6-7-15(23)19(25)20(14)27-17-8-5-13(26)10-16(17)24/h5-8,10,18,27,31H,2-4,9,11-12H2,1H3. The van der Waals surface area contributed by atoms with Gasteiger partial charge in [0.05, 0.1) is 30.0 Å². The van der Waals surface area contributed by atoms with E-state index in [1.807, 2.05) is 29.6 Å². The maximum atomic E-state index is 14.6. The average molecular weight is 545 g/mol. The van der Waals surface area contributed by atoms with Gasteiger partial charge >= 0.3 is 0 Å². The fourth-order valence-corrected chi connectivity index (χ4v) is 4.92. The van der Waals surface area contributed by atoms with Crippen molar-refractivity contribution in [1.29, 1.82) is 0 Å². The molecule has 2 heterocycles. The van der Waals surface area contributed by atoms with Gasteiger partial charge in [0.25, 0.3) is 5.91 Å². The molecular weight excluding hydrogens is 522 g/mol. The van der Waals surface area contributed by atoms with Crippen molar-refractivity contribution in [3.63, 3.8) is 0 Å². The number of nitrogens with one attached hydrogen (secondary N) is 1. The van der Waals surface area contributed by atoms with Gasteiger partial charge in [-0.05, 0) is 79.4 Å². The zero-order valence-corrected chi connectivity index (χ0v) is 19.1. The van der Waals surface area contributed by atoms with Crippen molar-refractivity contribution in [1.82, 2.24) is 9.80 Å². The fourth-order valence-electron chi connectivity index (χ4n) is 4.47. The van der Waals surface area contributed by atoms with Gasteiger partial charge in [-0.2, -0.15) is 0 Å². The summed E-state index contributed by atoms with van der Waals surface area (Å²) in [5, 5.41) is 13.5. The van der Waals surface area contributed by atoms with Crippen molar-refractivity contribution in [2.24, 2.45) is 0 Å². The number of likely N-dealkylation sites (N-methyl/N-ethyl adjacent to an activating group) is 1. The van der Waals surface area contributed by atoms with E-state index in [1.165, 1.54) is 23.1 Å². The minimum absolute atomic E-state index is 0.0475. The van der Waals surface area contributed by atoms with Crippen LogP contribution in [0.2, 0.25) is 0 Å². The summed E-state index contributed by atoms with van der Waals surface area (Å²) < 4.78 is 43.4. The second-order valence-electron chi connectivity index (χ2n) is 8.29. The van der Waals surface area contributed by atoms with Gasteiger partial charge in [0.1, 0.15) is 11.4 Å². The van der Waals surface area contributed by atoms with Crippen LogP contribution >= 0.6 is 22.6 Å². The number of hydrogen-bond acceptors (Lipinski definition) is 4. The summed E-state index contributed by atoms with van der Waals surface area (Å²) in [4.78, 5) is 16.6. The van der Waals surface area contributed by atoms with Crippen LogP contribution < -0.4 is 5.32 Å². The number of nitrogens with zero attached hydrogens (tertiary/aromatic N) is 2. The summed E-state index contributed by atoms with van der Waals surface area (Å²) in [7, 11) is 1.96. The molecule has 2 aromatic rings. The van der Waals surface area contributed by atoms with Crippen LogP contribution in [0.15, 0.2) is 30.3 Å². The molecule has 166 valence electrons. The lowest BCUT2D eigenvalue weighted by Gasteiger charge is -2.54. The Kier molecular flexibility index (Phi) is 6.19. The van der Waals surface area contributed by atoms with E-state index in [0.29, 0.717) is 3.57 Å². The number of amides is 1. The van der Waals surface area contributed by atoms with E-state index in [-0.39, 0.29) is 30.4 Å². The number of rotatable bonds is 4. The molecule has 9 heteroatoms. The van der Waals surface area contributed by atoms with E-state index >= 15 is 0 Å². The van der Waals surface area contributed by atoms with Crippen LogP contribution in [0.1, 0.15) is 29.6 Å². The van der Waals surface area contributed by atoms with Crippen molar-refractivity contribution in [2.45, 2.75) is 30.9 Å². The molecule has 31 heavy (non-hydrogen) atoms. The third-order valence-electron chi connectivity index (χ3n) is 6.12. The van der Waals surface area contributed by atoms with E-state index in [9.17, 15) is 23.1 Å². The Morgan fingerprint density at radius 3 is 2.58 bits per heavy atom. The molecule has 1 amide bonds. The molecule has 2 N–H and O–H groups in total. The normalized spacial score (nSPS) is 21.0. The number of halogens is 4. The molecule has 1 unspecified atom stereocenters. The minimum Gasteiger partial charge on any atom is -0.385 e. The van der Waals surface area contributed by atoms with E-state index < -0.39 is 34.6 Å². The van der Waals surface area contributed by atoms with Gasteiger partial charge in [0.2, 0.25) is 0 Å². The lowest BCUT2D eigenvalue weighted by molar-refractivity contribution is -0.135. The molecule has 0 saturated carbocycles. The van der Waals surface area contributed by atoms with Crippen LogP contribution in [0.3, 0.4) is 0 Å². The maximum Gasteiger partial charge on any atom is 0.256 e. The molecular formula is C22H23F3IN3O2. The van der Waals surface area contributed by atoms with Crippen molar-refractivity contribution < 1.29 is 23.1 Å². The Morgan fingerprint density at radius 1 is 1.16 bits per heavy atom. The van der Waals surface area contributed by atoms with Gasteiger partial charge in [-0.25, -0.2) is 13.2 Å². The molecule has 0 spiro atoms. The largest absolute Gasteiger partial charge is 0.385 e. The molecule has 2 saturated heterocycles. The smallest absolute Gasteiger partial charge is 0.256 e. The van der Waals surface area contributed by atoms with Crippen LogP contribution in [-0.4, -0.2) is 59.1 Å². The highest BCUT2D eigenvalue weighted by molar-refractivity contribution is 14.1. The SMILES string of the molecule is CN1CCCCC1C1(O)CN(C(=O)c2ccc(F)c(F)c2Nc2ccc(I)cc2F)C1. The quantitative estimate of drug-likeness (QED) is 0.568. The Morgan fingerprint density at radius 2 is 1.90 bits per heavy atom. The van der Waals surface area contributed by atoms with Crippen molar-refractivity contribution in [2.75, 3.05) is 32.0 Å². The second-order valence-corrected chi connectivity index (χ2v) is 9.54. The molecule has 0 bridgehead atoms. The zero-order valence-electron chi connectivity index (χ0n) is 17.0. The molecule has 2 fully saturated rings. The van der Waals surface area contributed by atoms with Crippen LogP contribution in [0.5, 0.6) is 0 Å². The van der Waals surface area contributed by atoms with Gasteiger partial charge in [-0.3, -0.25) is 4.79 Å². The topological polar surface area (TPSA) is 55.8 Å². The fraction of sp³-hybridized carbons (Fsp3) is 0.409. The molecule has 0 aliphatic carbocycles. The summed E-state index contributed by atoms with van der Waals surface area (Å²) in [5.74, 6) is -3.59. The highest BCUT2D eigenvalue weighted by atomic mass is 127. The Hall–Kier alpha value is -1.85. The summed E-state index contributed by atoms with van der Waals surface area (Å²) >= 11 is 1.94. The number of anilines is 2. The van der Waals surface area contributed by atoms with E-state index in [0.717, 1.165) is 31.9 Å². The van der Waals surface area contributed by atoms with Gasteiger partial charge in [0, 0.05) is 9.61 Å². The second kappa shape index (κ2) is 8.59. The minimum atomic E-state index is -1.26. The monoisotopic (exact) mass is 545 g/mol. The van der Waals surface area contributed by atoms with Gasteiger partial charge < -0.3 is 20.2 Å². The average Bonchev–Trinajstić information content (AvgIpc) is 2.71. The number of carbonyl (C=O) groups is 1. The van der Waals surface area contributed by atoms with Crippen LogP contribution in [0.25, 0.3) is 0 Å². The third kappa shape index (κ3) is 4.27. The van der Waals surface area contributed by atoms with Crippen molar-refractivity contribution in [3.8, 4) is 0 Å². The molecule has 1 atom stereocenters. The summed E-state index contributed by atoms with van der Waals surface area (Å²) in [6.45, 7) is 1.11. The van der Waals surface area contributed by atoms with E-state index in [2.05, 4.69) is 10.2 Å². The van der Waals surface area contributed by atoms with Crippen LogP contribution in [0, 0.1) is 21.0 Å². The number of β-amino-alcohol motifs (C(OH)–C–C–N with tert-alkyl or cyclic N) is 1. The molecule has 5 nitrogen and oxygen atoms in total. The number of hydrogen-bond donors (Lipinski definition) is 2. The Balaban J connectivity index is 1.57. The van der Waals surface area contributed by atoms with Crippen LogP contribution in [-0.2, 0) is 0 Å². The number of aliphatic hydroxyl groups is 1. The first-order valence-corrected chi connectivity index (χ1v) is 11.2. The molecule has 0 radical (unpaired) electrons. The lowest BCUT2D eigenvalue weighted by Crippen LogP contribution is -2.72. The van der Waals surface area contributed by atoms with Crippen LogP contribution in [0.4, 0.5) is 24.5 Å². The van der Waals surface area contributed by atoms with E-state index in [4.69, 9.17) is 0 Å². The Labute approximate surface area is 192 Å². The number of benzene rings is 2. The number of carbonyl (C=O) groups excluding carboxylic acids is 1. The molecule has 4 rings (SSSR count). The Bertz CT molecular complexity index is 1010. The summed E-state index contributed by atoms with van der Waals surface area (Å²) in [5.41, 5.74) is -1.63. The van der Waals surface area contributed by atoms with Gasteiger partial charge in [-0.1, -0.05) is 6.42 Å². The number of piperidine rings is 1. The predicted octanol–water partition coefficient (Wildman–Crippen LogP) is 4.12. The van der Waals surface area contributed by atoms with Crippen molar-refractivity contribution in [3.05, 3.63) is 56.9 Å². The molecule has 0 aromatic heterocycles. The summed E-state index contributed by atoms with van der Waals surface area (Å²) in [6, 6.07) is 6.26. The third-order valence-corrected chi connectivity index (χ3v) is 6.79. The highest BCUT2D eigenvalue weighted by Gasteiger charge is 2.51. The number of likely N-dealkylation sites (tertiary alicyclic amines) is 2. The maximum absolute atomic E-state index is 14.6. The van der Waals surface area contributed by atoms with E-state index in [1.54, 1.807) is 6.07 Å². The summed E-state index contributed by atoms with van der Waals surface area (Å²) in [6.07, 6.45) is 2.94. The highest BCUT2D eigenvalue weighted by Crippen LogP contribution is 2.35. The van der Waals surface area contributed by atoms with Gasteiger partial charge in [0.15, 0.2) is 11.6 Å². The first kappa shape index (κ1) is 22.3. The first-order valence-electron chi connectivity index (χ1n) is 10.1. The molecule has 2 aliphatic heterocycles. The zero-order chi connectivity index (χ0) is 22.3. The van der Waals surface area contributed by atoms with Crippen molar-refractivity contribution >= 4 is 39.9 Å². The molecule has 2 aliphatic rings. The first-order chi connectivity index (χ1) is 14.7.